The molecule has 126 valence electrons. The van der Waals surface area contributed by atoms with Crippen LogP contribution in [0.5, 0.6) is 0 Å². The number of hydrogen-bond acceptors (Lipinski definition) is 3. The second-order valence-electron chi connectivity index (χ2n) is 7.23. The molecule has 5 nitrogen and oxygen atoms in total. The normalized spacial score (nSPS) is 40.9. The maximum Gasteiger partial charge on any atom is 0.193 e. The molecule has 0 amide bonds. The van der Waals surface area contributed by atoms with Crippen LogP contribution in [0.2, 0.25) is 0 Å². The summed E-state index contributed by atoms with van der Waals surface area (Å²) in [5, 5.41) is 3.62. The van der Waals surface area contributed by atoms with E-state index in [0.29, 0.717) is 18.2 Å². The fraction of sp³-hybridized carbons (Fsp3) is 0.938. The Bertz CT molecular complexity index is 414. The minimum absolute atomic E-state index is 0. The minimum atomic E-state index is 0. The molecule has 0 spiro atoms. The molecule has 4 fully saturated rings. The van der Waals surface area contributed by atoms with Gasteiger partial charge in [-0.15, -0.1) is 24.0 Å². The van der Waals surface area contributed by atoms with Crippen molar-refractivity contribution in [3.05, 3.63) is 0 Å². The highest BCUT2D eigenvalue weighted by Crippen LogP contribution is 2.47. The average Bonchev–Trinajstić information content (AvgIpc) is 3.20. The maximum absolute atomic E-state index is 6.06. The summed E-state index contributed by atoms with van der Waals surface area (Å²) in [4.78, 5) is 9.46. The van der Waals surface area contributed by atoms with Crippen LogP contribution in [-0.2, 0) is 4.74 Å². The summed E-state index contributed by atoms with van der Waals surface area (Å²) in [7, 11) is 4.15. The molecule has 0 aromatic carbocycles. The maximum atomic E-state index is 6.06. The van der Waals surface area contributed by atoms with Gasteiger partial charge in [0.2, 0.25) is 0 Å². The van der Waals surface area contributed by atoms with E-state index in [1.807, 2.05) is 7.05 Å². The minimum Gasteiger partial charge on any atom is -0.374 e. The molecule has 4 aliphatic heterocycles. The fourth-order valence-electron chi connectivity index (χ4n) is 4.91. The molecular formula is C16H29IN4O. The zero-order valence-corrected chi connectivity index (χ0v) is 16.0. The Morgan fingerprint density at radius 3 is 2.41 bits per heavy atom. The van der Waals surface area contributed by atoms with Gasteiger partial charge in [-0.1, -0.05) is 0 Å². The van der Waals surface area contributed by atoms with Gasteiger partial charge >= 0.3 is 0 Å². The van der Waals surface area contributed by atoms with Crippen LogP contribution in [0, 0.1) is 11.8 Å². The highest BCUT2D eigenvalue weighted by Gasteiger charge is 2.53. The molecule has 4 heterocycles. The predicted molar refractivity (Wildman–Crippen MR) is 98.9 cm³/mol. The highest BCUT2D eigenvalue weighted by molar-refractivity contribution is 14.0. The molecule has 22 heavy (non-hydrogen) atoms. The van der Waals surface area contributed by atoms with E-state index in [0.717, 1.165) is 37.4 Å². The monoisotopic (exact) mass is 420 g/mol. The first-order valence-electron chi connectivity index (χ1n) is 8.57. The van der Waals surface area contributed by atoms with Crippen molar-refractivity contribution in [2.45, 2.75) is 43.9 Å². The lowest BCUT2D eigenvalue weighted by Crippen LogP contribution is -2.46. The van der Waals surface area contributed by atoms with Crippen LogP contribution in [-0.4, -0.2) is 74.3 Å². The number of aliphatic imine (C=N–C) groups is 1. The van der Waals surface area contributed by atoms with E-state index >= 15 is 0 Å². The Labute approximate surface area is 150 Å². The smallest absolute Gasteiger partial charge is 0.193 e. The van der Waals surface area contributed by atoms with Crippen LogP contribution in [0.1, 0.15) is 25.7 Å². The summed E-state index contributed by atoms with van der Waals surface area (Å²) in [6.07, 6.45) is 6.25. The van der Waals surface area contributed by atoms with Gasteiger partial charge in [-0.3, -0.25) is 4.99 Å². The molecule has 0 aromatic rings. The summed E-state index contributed by atoms with van der Waals surface area (Å²) in [6.45, 7) is 4.52. The number of guanidine groups is 1. The van der Waals surface area contributed by atoms with Crippen molar-refractivity contribution < 1.29 is 4.74 Å². The van der Waals surface area contributed by atoms with Crippen LogP contribution < -0.4 is 5.32 Å². The Balaban J connectivity index is 0.00000144. The van der Waals surface area contributed by atoms with Gasteiger partial charge in [0.05, 0.1) is 12.2 Å². The van der Waals surface area contributed by atoms with Gasteiger partial charge in [0.25, 0.3) is 0 Å². The molecule has 0 saturated carbocycles. The third kappa shape index (κ3) is 2.86. The van der Waals surface area contributed by atoms with E-state index in [1.165, 1.54) is 32.2 Å². The second kappa shape index (κ2) is 6.81. The third-order valence-corrected chi connectivity index (χ3v) is 6.13. The van der Waals surface area contributed by atoms with Crippen molar-refractivity contribution in [2.24, 2.45) is 16.8 Å². The molecular weight excluding hydrogens is 391 g/mol. The van der Waals surface area contributed by atoms with Gasteiger partial charge in [-0.05, 0) is 39.3 Å². The Morgan fingerprint density at radius 2 is 1.86 bits per heavy atom. The van der Waals surface area contributed by atoms with E-state index in [4.69, 9.17) is 4.74 Å². The summed E-state index contributed by atoms with van der Waals surface area (Å²) >= 11 is 0. The zero-order chi connectivity index (χ0) is 14.4. The Morgan fingerprint density at radius 1 is 1.18 bits per heavy atom. The highest BCUT2D eigenvalue weighted by atomic mass is 127. The Hall–Kier alpha value is -0.0800. The molecule has 0 aromatic heterocycles. The summed E-state index contributed by atoms with van der Waals surface area (Å²) in [5.41, 5.74) is 0. The van der Waals surface area contributed by atoms with Crippen molar-refractivity contribution in [1.82, 2.24) is 15.1 Å². The molecule has 2 bridgehead atoms. The lowest BCUT2D eigenvalue weighted by Gasteiger charge is -2.26. The van der Waals surface area contributed by atoms with Crippen LogP contribution in [0.3, 0.4) is 0 Å². The fourth-order valence-corrected chi connectivity index (χ4v) is 4.91. The van der Waals surface area contributed by atoms with Crippen LogP contribution >= 0.6 is 24.0 Å². The molecule has 0 radical (unpaired) electrons. The third-order valence-electron chi connectivity index (χ3n) is 6.13. The van der Waals surface area contributed by atoms with Crippen LogP contribution in [0.25, 0.3) is 0 Å². The number of halogens is 1. The quantitative estimate of drug-likeness (QED) is 0.417. The van der Waals surface area contributed by atoms with E-state index in [1.54, 1.807) is 0 Å². The number of hydrogen-bond donors (Lipinski definition) is 1. The number of likely N-dealkylation sites (tertiary alicyclic amines) is 2. The molecule has 5 atom stereocenters. The number of ether oxygens (including phenoxy) is 1. The van der Waals surface area contributed by atoms with Gasteiger partial charge in [-0.2, -0.15) is 0 Å². The average molecular weight is 420 g/mol. The van der Waals surface area contributed by atoms with Gasteiger partial charge in [0.15, 0.2) is 5.96 Å². The van der Waals surface area contributed by atoms with Crippen molar-refractivity contribution in [3.63, 3.8) is 0 Å². The van der Waals surface area contributed by atoms with Crippen LogP contribution in [0.15, 0.2) is 4.99 Å². The van der Waals surface area contributed by atoms with Gasteiger partial charge in [0.1, 0.15) is 0 Å². The first-order chi connectivity index (χ1) is 10.3. The molecule has 0 aliphatic carbocycles. The zero-order valence-electron chi connectivity index (χ0n) is 13.7. The predicted octanol–water partition coefficient (Wildman–Crippen LogP) is 1.38. The molecule has 1 N–H and O–H groups in total. The molecule has 6 heteroatoms. The topological polar surface area (TPSA) is 40.1 Å². The summed E-state index contributed by atoms with van der Waals surface area (Å²) in [6, 6.07) is 0.670. The first kappa shape index (κ1) is 16.8. The summed E-state index contributed by atoms with van der Waals surface area (Å²) < 4.78 is 6.06. The van der Waals surface area contributed by atoms with E-state index < -0.39 is 0 Å². The van der Waals surface area contributed by atoms with Crippen molar-refractivity contribution in [2.75, 3.05) is 40.3 Å². The van der Waals surface area contributed by atoms with E-state index in [-0.39, 0.29) is 24.0 Å². The standard InChI is InChI=1S/C16H28N4O.HI/c1-17-16(18-8-11-4-3-7-19(11)2)20-9-12-13(10-20)15-6-5-14(12)21-15;/h11-15H,3-10H2,1-2H3,(H,17,18);1H. The molecule has 4 aliphatic rings. The lowest BCUT2D eigenvalue weighted by atomic mass is 9.82. The number of rotatable bonds is 2. The molecule has 4 rings (SSSR count). The van der Waals surface area contributed by atoms with Crippen molar-refractivity contribution >= 4 is 29.9 Å². The second-order valence-corrected chi connectivity index (χ2v) is 7.23. The number of nitrogens with one attached hydrogen (secondary N) is 1. The van der Waals surface area contributed by atoms with Gasteiger partial charge in [-0.25, -0.2) is 0 Å². The number of nitrogens with zero attached hydrogens (tertiary/aromatic N) is 3. The van der Waals surface area contributed by atoms with E-state index in [2.05, 4.69) is 27.2 Å². The largest absolute Gasteiger partial charge is 0.374 e. The van der Waals surface area contributed by atoms with Gasteiger partial charge < -0.3 is 19.9 Å². The van der Waals surface area contributed by atoms with Crippen LogP contribution in [0.4, 0.5) is 0 Å². The molecule has 5 unspecified atom stereocenters. The Kier molecular flexibility index (Phi) is 5.19. The van der Waals surface area contributed by atoms with Gasteiger partial charge in [0, 0.05) is 44.6 Å². The first-order valence-corrected chi connectivity index (χ1v) is 8.57. The molecule has 4 saturated heterocycles. The van der Waals surface area contributed by atoms with Crippen molar-refractivity contribution in [1.29, 1.82) is 0 Å². The lowest BCUT2D eigenvalue weighted by molar-refractivity contribution is 0.0767. The van der Waals surface area contributed by atoms with Crippen molar-refractivity contribution in [3.8, 4) is 0 Å². The summed E-state index contributed by atoms with van der Waals surface area (Å²) in [5.74, 6) is 2.59. The van der Waals surface area contributed by atoms with E-state index in [9.17, 15) is 0 Å². The number of likely N-dealkylation sites (N-methyl/N-ethyl adjacent to an activating group) is 1. The SMILES string of the molecule is CN=C(NCC1CCCN1C)N1CC2C3CCC(O3)C2C1.I. The number of fused-ring (bicyclic) bond motifs is 5.